The lowest BCUT2D eigenvalue weighted by Gasteiger charge is -2.14. The lowest BCUT2D eigenvalue weighted by molar-refractivity contribution is -0.117. The van der Waals surface area contributed by atoms with Gasteiger partial charge in [0, 0.05) is 13.0 Å². The van der Waals surface area contributed by atoms with Crippen LogP contribution in [0.15, 0.2) is 4.47 Å². The van der Waals surface area contributed by atoms with Gasteiger partial charge in [0.1, 0.15) is 5.15 Å². The van der Waals surface area contributed by atoms with E-state index in [0.29, 0.717) is 34.2 Å². The van der Waals surface area contributed by atoms with E-state index in [-0.39, 0.29) is 11.3 Å². The molecule has 1 aliphatic rings. The number of aryl methyl sites for hydroxylation is 1. The van der Waals surface area contributed by atoms with E-state index in [0.717, 1.165) is 0 Å². The molecule has 0 aromatic carbocycles. The molecule has 86 valence electrons. The Labute approximate surface area is 111 Å². The summed E-state index contributed by atoms with van der Waals surface area (Å²) in [5.74, 6) is 0.247. The van der Waals surface area contributed by atoms with E-state index in [9.17, 15) is 4.79 Å². The zero-order valence-corrected chi connectivity index (χ0v) is 11.5. The topological polar surface area (TPSA) is 46.1 Å². The Kier molecular flexibility index (Phi) is 3.37. The first-order chi connectivity index (χ1) is 7.49. The lowest BCUT2D eigenvalue weighted by atomic mass is 10.4. The standard InChI is InChI=1S/C9H8BrCl2N3O/c1-4-7(10)8(12)14-9(13-4)15-3-5(11)2-6(15)16/h5H,2-3H2,1H3. The van der Waals surface area contributed by atoms with Crippen LogP contribution in [0.5, 0.6) is 0 Å². The smallest absolute Gasteiger partial charge is 0.233 e. The summed E-state index contributed by atoms with van der Waals surface area (Å²) in [7, 11) is 0. The molecule has 4 nitrogen and oxygen atoms in total. The molecule has 0 N–H and O–H groups in total. The average molecular weight is 325 g/mol. The van der Waals surface area contributed by atoms with Gasteiger partial charge in [0.25, 0.3) is 0 Å². The number of rotatable bonds is 1. The third-order valence-corrected chi connectivity index (χ3v) is 4.03. The van der Waals surface area contributed by atoms with E-state index in [4.69, 9.17) is 23.2 Å². The van der Waals surface area contributed by atoms with Crippen LogP contribution in [0.4, 0.5) is 5.95 Å². The Hall–Kier alpha value is -0.390. The molecule has 0 saturated carbocycles. The van der Waals surface area contributed by atoms with Crippen molar-refractivity contribution in [2.24, 2.45) is 0 Å². The molecule has 1 aliphatic heterocycles. The molecular formula is C9H8BrCl2N3O. The number of amides is 1. The van der Waals surface area contributed by atoms with E-state index in [1.54, 1.807) is 6.92 Å². The molecule has 16 heavy (non-hydrogen) atoms. The van der Waals surface area contributed by atoms with Gasteiger partial charge in [-0.05, 0) is 22.9 Å². The maximum absolute atomic E-state index is 11.6. The van der Waals surface area contributed by atoms with Crippen molar-refractivity contribution >= 4 is 51.0 Å². The van der Waals surface area contributed by atoms with Crippen LogP contribution < -0.4 is 4.90 Å². The fourth-order valence-corrected chi connectivity index (χ4v) is 2.15. The highest BCUT2D eigenvalue weighted by Gasteiger charge is 2.31. The maximum Gasteiger partial charge on any atom is 0.233 e. The molecule has 1 amide bonds. The lowest BCUT2D eigenvalue weighted by Crippen LogP contribution is -2.27. The number of alkyl halides is 1. The highest BCUT2D eigenvalue weighted by molar-refractivity contribution is 9.10. The van der Waals surface area contributed by atoms with Gasteiger partial charge in [0.15, 0.2) is 0 Å². The van der Waals surface area contributed by atoms with E-state index < -0.39 is 0 Å². The summed E-state index contributed by atoms with van der Waals surface area (Å²) in [4.78, 5) is 21.3. The van der Waals surface area contributed by atoms with Gasteiger partial charge in [0.2, 0.25) is 11.9 Å². The largest absolute Gasteiger partial charge is 0.279 e. The van der Waals surface area contributed by atoms with Crippen LogP contribution >= 0.6 is 39.1 Å². The van der Waals surface area contributed by atoms with Crippen molar-refractivity contribution in [1.29, 1.82) is 0 Å². The first kappa shape index (κ1) is 12.1. The molecule has 7 heteroatoms. The Morgan fingerprint density at radius 2 is 2.19 bits per heavy atom. The van der Waals surface area contributed by atoms with Crippen LogP contribution in [0, 0.1) is 6.92 Å². The SMILES string of the molecule is Cc1nc(N2CC(Cl)CC2=O)nc(Cl)c1Br. The van der Waals surface area contributed by atoms with E-state index in [1.807, 2.05) is 0 Å². The predicted molar refractivity (Wildman–Crippen MR) is 66.1 cm³/mol. The number of nitrogens with zero attached hydrogens (tertiary/aromatic N) is 3. The van der Waals surface area contributed by atoms with Gasteiger partial charge in [-0.2, -0.15) is 4.98 Å². The van der Waals surface area contributed by atoms with E-state index in [2.05, 4.69) is 25.9 Å². The molecule has 0 bridgehead atoms. The Morgan fingerprint density at radius 3 is 2.69 bits per heavy atom. The number of halogens is 3. The summed E-state index contributed by atoms with van der Waals surface area (Å²) in [6.45, 7) is 2.22. The summed E-state index contributed by atoms with van der Waals surface area (Å²) in [5, 5.41) is 0.118. The fraction of sp³-hybridized carbons (Fsp3) is 0.444. The van der Waals surface area contributed by atoms with Crippen LogP contribution in [0.2, 0.25) is 5.15 Å². The minimum absolute atomic E-state index is 0.0715. The van der Waals surface area contributed by atoms with Crippen molar-refractivity contribution in [2.45, 2.75) is 18.7 Å². The van der Waals surface area contributed by atoms with E-state index in [1.165, 1.54) is 4.90 Å². The minimum atomic E-state index is -0.182. The van der Waals surface area contributed by atoms with Gasteiger partial charge >= 0.3 is 0 Å². The van der Waals surface area contributed by atoms with Crippen LogP contribution in [-0.4, -0.2) is 27.8 Å². The molecule has 0 aliphatic carbocycles. The van der Waals surface area contributed by atoms with Crippen LogP contribution in [0.3, 0.4) is 0 Å². The quantitative estimate of drug-likeness (QED) is 0.589. The second-order valence-corrected chi connectivity index (χ2v) is 5.29. The maximum atomic E-state index is 11.6. The van der Waals surface area contributed by atoms with Crippen LogP contribution in [0.25, 0.3) is 0 Å². The highest BCUT2D eigenvalue weighted by Crippen LogP contribution is 2.27. The first-order valence-corrected chi connectivity index (χ1v) is 6.24. The minimum Gasteiger partial charge on any atom is -0.279 e. The van der Waals surface area contributed by atoms with Crippen LogP contribution in [0.1, 0.15) is 12.1 Å². The third-order valence-electron chi connectivity index (χ3n) is 2.28. The fourth-order valence-electron chi connectivity index (χ4n) is 1.49. The zero-order chi connectivity index (χ0) is 11.9. The average Bonchev–Trinajstić information content (AvgIpc) is 2.53. The van der Waals surface area contributed by atoms with E-state index >= 15 is 0 Å². The summed E-state index contributed by atoms with van der Waals surface area (Å²) in [5.41, 5.74) is 0.695. The van der Waals surface area contributed by atoms with Crippen molar-refractivity contribution < 1.29 is 4.79 Å². The first-order valence-electron chi connectivity index (χ1n) is 4.63. The van der Waals surface area contributed by atoms with Crippen molar-refractivity contribution in [3.8, 4) is 0 Å². The van der Waals surface area contributed by atoms with Crippen molar-refractivity contribution in [3.05, 3.63) is 15.3 Å². The van der Waals surface area contributed by atoms with Gasteiger partial charge in [-0.1, -0.05) is 11.6 Å². The molecule has 2 rings (SSSR count). The third kappa shape index (κ3) is 2.17. The van der Waals surface area contributed by atoms with Gasteiger partial charge in [0.05, 0.1) is 15.5 Å². The second kappa shape index (κ2) is 4.47. The van der Waals surface area contributed by atoms with Gasteiger partial charge in [-0.3, -0.25) is 9.69 Å². The van der Waals surface area contributed by atoms with Gasteiger partial charge in [-0.15, -0.1) is 11.6 Å². The van der Waals surface area contributed by atoms with Gasteiger partial charge < -0.3 is 0 Å². The monoisotopic (exact) mass is 323 g/mol. The molecule has 1 aromatic rings. The van der Waals surface area contributed by atoms with Crippen molar-refractivity contribution in [2.75, 3.05) is 11.4 Å². The molecule has 1 aromatic heterocycles. The summed E-state index contributed by atoms with van der Waals surface area (Å²) in [6.07, 6.45) is 0.317. The molecule has 0 radical (unpaired) electrons. The van der Waals surface area contributed by atoms with Crippen molar-refractivity contribution in [3.63, 3.8) is 0 Å². The number of aromatic nitrogens is 2. The Bertz CT molecular complexity index is 431. The Balaban J connectivity index is 2.38. The molecule has 0 spiro atoms. The normalized spacial score (nSPS) is 20.6. The summed E-state index contributed by atoms with van der Waals surface area (Å²) < 4.78 is 0.645. The molecule has 1 atom stereocenters. The summed E-state index contributed by atoms with van der Waals surface area (Å²) >= 11 is 15.1. The molecular weight excluding hydrogens is 317 g/mol. The van der Waals surface area contributed by atoms with Crippen LogP contribution in [-0.2, 0) is 4.79 Å². The molecule has 2 heterocycles. The van der Waals surface area contributed by atoms with Crippen molar-refractivity contribution in [1.82, 2.24) is 9.97 Å². The zero-order valence-electron chi connectivity index (χ0n) is 8.38. The number of hydrogen-bond acceptors (Lipinski definition) is 3. The second-order valence-electron chi connectivity index (χ2n) is 3.52. The molecule has 1 unspecified atom stereocenters. The molecule has 1 saturated heterocycles. The van der Waals surface area contributed by atoms with Gasteiger partial charge in [-0.25, -0.2) is 4.98 Å². The highest BCUT2D eigenvalue weighted by atomic mass is 79.9. The Morgan fingerprint density at radius 1 is 1.50 bits per heavy atom. The number of anilines is 1. The predicted octanol–water partition coefficient (Wildman–Crippen LogP) is 2.55. The summed E-state index contributed by atoms with van der Waals surface area (Å²) in [6, 6.07) is 0. The number of carbonyl (C=O) groups is 1. The molecule has 1 fully saturated rings. The number of carbonyl (C=O) groups excluding carboxylic acids is 1. The number of hydrogen-bond donors (Lipinski definition) is 0.